The lowest BCUT2D eigenvalue weighted by Gasteiger charge is -2.09. The number of carboxylic acid groups (broad SMARTS) is 1. The van der Waals surface area contributed by atoms with Gasteiger partial charge in [-0.3, -0.25) is 9.97 Å². The molecule has 0 atom stereocenters. The van der Waals surface area contributed by atoms with Crippen molar-refractivity contribution in [2.45, 2.75) is 6.42 Å². The first-order valence-corrected chi connectivity index (χ1v) is 6.21. The minimum atomic E-state index is -0.971. The van der Waals surface area contributed by atoms with Crippen molar-refractivity contribution >= 4 is 11.7 Å². The fourth-order valence-electron chi connectivity index (χ4n) is 1.64. The van der Waals surface area contributed by atoms with E-state index in [0.29, 0.717) is 18.8 Å². The summed E-state index contributed by atoms with van der Waals surface area (Å²) in [5.41, 5.74) is 0.731. The molecule has 0 bridgehead atoms. The van der Waals surface area contributed by atoms with Crippen LogP contribution in [-0.2, 0) is 0 Å². The zero-order valence-corrected chi connectivity index (χ0v) is 10.8. The second-order valence-electron chi connectivity index (χ2n) is 4.04. The van der Waals surface area contributed by atoms with E-state index in [-0.39, 0.29) is 5.56 Å². The third-order valence-corrected chi connectivity index (χ3v) is 2.59. The number of carbonyl (C=O) groups is 1. The van der Waals surface area contributed by atoms with Crippen LogP contribution in [0.3, 0.4) is 0 Å². The standard InChI is InChI=1S/C14H15N3O3/c18-14(19)12-4-7-16-10-13(12)17-6-2-8-20-11-3-1-5-15-9-11/h1,3-5,7,9-10,17H,2,6,8H2,(H,18,19). The highest BCUT2D eigenvalue weighted by Crippen LogP contribution is 2.13. The van der Waals surface area contributed by atoms with E-state index in [0.717, 1.165) is 12.2 Å². The smallest absolute Gasteiger partial charge is 0.337 e. The average molecular weight is 273 g/mol. The largest absolute Gasteiger partial charge is 0.492 e. The molecule has 104 valence electrons. The van der Waals surface area contributed by atoms with Crippen molar-refractivity contribution in [1.29, 1.82) is 0 Å². The van der Waals surface area contributed by atoms with E-state index < -0.39 is 5.97 Å². The Morgan fingerprint density at radius 1 is 1.25 bits per heavy atom. The molecule has 2 N–H and O–H groups in total. The van der Waals surface area contributed by atoms with Gasteiger partial charge in [0.1, 0.15) is 5.75 Å². The first-order chi connectivity index (χ1) is 9.77. The van der Waals surface area contributed by atoms with Gasteiger partial charge in [-0.15, -0.1) is 0 Å². The van der Waals surface area contributed by atoms with Gasteiger partial charge in [0.2, 0.25) is 0 Å². The molecular formula is C14H15N3O3. The highest BCUT2D eigenvalue weighted by atomic mass is 16.5. The maximum absolute atomic E-state index is 11.0. The van der Waals surface area contributed by atoms with Gasteiger partial charge < -0.3 is 15.2 Å². The van der Waals surface area contributed by atoms with Crippen LogP contribution in [0.25, 0.3) is 0 Å². The molecule has 0 amide bonds. The summed E-state index contributed by atoms with van der Waals surface area (Å²) in [6.45, 7) is 1.13. The minimum absolute atomic E-state index is 0.216. The van der Waals surface area contributed by atoms with Crippen LogP contribution in [0.15, 0.2) is 43.0 Å². The molecule has 0 aromatic carbocycles. The summed E-state index contributed by atoms with van der Waals surface area (Å²) in [5, 5.41) is 12.1. The highest BCUT2D eigenvalue weighted by Gasteiger charge is 2.08. The van der Waals surface area contributed by atoms with Crippen molar-refractivity contribution in [3.05, 3.63) is 48.5 Å². The first-order valence-electron chi connectivity index (χ1n) is 6.21. The quantitative estimate of drug-likeness (QED) is 0.751. The van der Waals surface area contributed by atoms with Crippen LogP contribution in [0.4, 0.5) is 5.69 Å². The molecule has 0 saturated heterocycles. The van der Waals surface area contributed by atoms with E-state index in [4.69, 9.17) is 9.84 Å². The van der Waals surface area contributed by atoms with E-state index in [1.54, 1.807) is 12.4 Å². The SMILES string of the molecule is O=C(O)c1ccncc1NCCCOc1cccnc1. The van der Waals surface area contributed by atoms with Crippen LogP contribution in [0.5, 0.6) is 5.75 Å². The summed E-state index contributed by atoms with van der Waals surface area (Å²) in [5.74, 6) is -0.249. The summed E-state index contributed by atoms with van der Waals surface area (Å²) in [6, 6.07) is 5.11. The normalized spacial score (nSPS) is 10.0. The Kier molecular flexibility index (Phi) is 4.88. The number of nitrogens with one attached hydrogen (secondary N) is 1. The van der Waals surface area contributed by atoms with Crippen LogP contribution in [0.2, 0.25) is 0 Å². The second kappa shape index (κ2) is 7.08. The molecule has 0 saturated carbocycles. The topological polar surface area (TPSA) is 84.3 Å². The van der Waals surface area contributed by atoms with E-state index in [2.05, 4.69) is 15.3 Å². The molecule has 0 spiro atoms. The molecule has 0 aliphatic heterocycles. The molecule has 20 heavy (non-hydrogen) atoms. The van der Waals surface area contributed by atoms with Gasteiger partial charge in [0.05, 0.1) is 30.3 Å². The third kappa shape index (κ3) is 3.94. The number of rotatable bonds is 7. The monoisotopic (exact) mass is 273 g/mol. The number of ether oxygens (including phenoxy) is 1. The number of pyridine rings is 2. The van der Waals surface area contributed by atoms with Gasteiger partial charge in [-0.25, -0.2) is 4.79 Å². The van der Waals surface area contributed by atoms with Gasteiger partial charge in [0.25, 0.3) is 0 Å². The molecule has 0 fully saturated rings. The van der Waals surface area contributed by atoms with E-state index in [9.17, 15) is 4.79 Å². The summed E-state index contributed by atoms with van der Waals surface area (Å²) < 4.78 is 5.49. The molecule has 2 rings (SSSR count). The van der Waals surface area contributed by atoms with Crippen LogP contribution in [0, 0.1) is 0 Å². The van der Waals surface area contributed by atoms with Crippen molar-refractivity contribution in [3.63, 3.8) is 0 Å². The Labute approximate surface area is 116 Å². The lowest BCUT2D eigenvalue weighted by Crippen LogP contribution is -2.10. The van der Waals surface area contributed by atoms with Gasteiger partial charge in [0, 0.05) is 18.9 Å². The molecule has 6 heteroatoms. The molecular weight excluding hydrogens is 258 g/mol. The number of anilines is 1. The van der Waals surface area contributed by atoms with Crippen molar-refractivity contribution in [3.8, 4) is 5.75 Å². The van der Waals surface area contributed by atoms with Crippen molar-refractivity contribution < 1.29 is 14.6 Å². The van der Waals surface area contributed by atoms with Gasteiger partial charge >= 0.3 is 5.97 Å². The average Bonchev–Trinajstić information content (AvgIpc) is 2.48. The predicted octanol–water partition coefficient (Wildman–Crippen LogP) is 2.06. The molecule has 0 unspecified atom stereocenters. The maximum atomic E-state index is 11.0. The van der Waals surface area contributed by atoms with E-state index in [1.807, 2.05) is 12.1 Å². The number of aromatic carboxylic acids is 1. The zero-order valence-electron chi connectivity index (χ0n) is 10.8. The number of carboxylic acids is 1. The molecule has 6 nitrogen and oxygen atoms in total. The predicted molar refractivity (Wildman–Crippen MR) is 74.0 cm³/mol. The van der Waals surface area contributed by atoms with Gasteiger partial charge in [-0.2, -0.15) is 0 Å². The first kappa shape index (κ1) is 13.8. The van der Waals surface area contributed by atoms with E-state index >= 15 is 0 Å². The van der Waals surface area contributed by atoms with Crippen molar-refractivity contribution in [2.24, 2.45) is 0 Å². The molecule has 0 radical (unpaired) electrons. The number of nitrogens with zero attached hydrogens (tertiary/aromatic N) is 2. The molecule has 2 heterocycles. The number of aromatic nitrogens is 2. The maximum Gasteiger partial charge on any atom is 0.337 e. The molecule has 2 aromatic rings. The number of hydrogen-bond acceptors (Lipinski definition) is 5. The summed E-state index contributed by atoms with van der Waals surface area (Å²) in [4.78, 5) is 18.9. The highest BCUT2D eigenvalue weighted by molar-refractivity contribution is 5.93. The summed E-state index contributed by atoms with van der Waals surface area (Å²) >= 11 is 0. The Morgan fingerprint density at radius 2 is 2.10 bits per heavy atom. The van der Waals surface area contributed by atoms with Crippen LogP contribution in [-0.4, -0.2) is 34.2 Å². The van der Waals surface area contributed by atoms with E-state index in [1.165, 1.54) is 18.5 Å². The fraction of sp³-hybridized carbons (Fsp3) is 0.214. The Hall–Kier alpha value is -2.63. The Morgan fingerprint density at radius 3 is 2.85 bits per heavy atom. The Bertz CT molecular complexity index is 561. The third-order valence-electron chi connectivity index (χ3n) is 2.59. The lowest BCUT2D eigenvalue weighted by molar-refractivity contribution is 0.0698. The summed E-state index contributed by atoms with van der Waals surface area (Å²) in [6.07, 6.45) is 7.04. The minimum Gasteiger partial charge on any atom is -0.492 e. The Balaban J connectivity index is 1.75. The van der Waals surface area contributed by atoms with Crippen LogP contribution < -0.4 is 10.1 Å². The molecule has 0 aliphatic rings. The van der Waals surface area contributed by atoms with Crippen molar-refractivity contribution in [2.75, 3.05) is 18.5 Å². The van der Waals surface area contributed by atoms with Crippen LogP contribution >= 0.6 is 0 Å². The van der Waals surface area contributed by atoms with Crippen LogP contribution in [0.1, 0.15) is 16.8 Å². The van der Waals surface area contributed by atoms with Gasteiger partial charge in [0.15, 0.2) is 0 Å². The van der Waals surface area contributed by atoms with Gasteiger partial charge in [-0.05, 0) is 24.6 Å². The summed E-state index contributed by atoms with van der Waals surface area (Å²) in [7, 11) is 0. The van der Waals surface area contributed by atoms with Crippen molar-refractivity contribution in [1.82, 2.24) is 9.97 Å². The molecule has 0 aliphatic carbocycles. The molecule has 2 aromatic heterocycles. The lowest BCUT2D eigenvalue weighted by atomic mass is 10.2. The zero-order chi connectivity index (χ0) is 14.2. The van der Waals surface area contributed by atoms with Gasteiger partial charge in [-0.1, -0.05) is 0 Å². The fourth-order valence-corrected chi connectivity index (χ4v) is 1.64. The number of hydrogen-bond donors (Lipinski definition) is 2. The second-order valence-corrected chi connectivity index (χ2v) is 4.04.